The van der Waals surface area contributed by atoms with Crippen molar-refractivity contribution >= 4 is 22.6 Å². The molecule has 1 aliphatic heterocycles. The number of pyridine rings is 1. The van der Waals surface area contributed by atoms with Crippen molar-refractivity contribution in [2.24, 2.45) is 0 Å². The Bertz CT molecular complexity index is 1310. The molecule has 6 nitrogen and oxygen atoms in total. The summed E-state index contributed by atoms with van der Waals surface area (Å²) in [4.78, 5) is 22.9. The number of carbonyl (C=O) groups is 1. The Hall–Kier alpha value is -3.80. The Balaban J connectivity index is 1.67. The van der Waals surface area contributed by atoms with Gasteiger partial charge in [-0.3, -0.25) is 4.79 Å². The molecule has 2 aromatic heterocycles. The number of methoxy groups -OCH3 is 1. The zero-order valence-corrected chi connectivity index (χ0v) is 18.6. The molecule has 0 spiro atoms. The molecule has 162 valence electrons. The van der Waals surface area contributed by atoms with E-state index in [1.165, 1.54) is 5.56 Å². The summed E-state index contributed by atoms with van der Waals surface area (Å²) in [7, 11) is 1.64. The van der Waals surface area contributed by atoms with Crippen LogP contribution >= 0.6 is 0 Å². The number of ether oxygens (including phenoxy) is 1. The summed E-state index contributed by atoms with van der Waals surface area (Å²) in [6, 6.07) is 18.4. The van der Waals surface area contributed by atoms with Gasteiger partial charge >= 0.3 is 0 Å². The van der Waals surface area contributed by atoms with Gasteiger partial charge in [-0.15, -0.1) is 0 Å². The average molecular weight is 427 g/mol. The van der Waals surface area contributed by atoms with Gasteiger partial charge in [0.2, 0.25) is 0 Å². The number of hydrogen-bond donors (Lipinski definition) is 2. The van der Waals surface area contributed by atoms with Crippen molar-refractivity contribution in [3.63, 3.8) is 0 Å². The standard InChI is InChI=1S/C26H26N4O2/c1-16(17-8-6-5-7-9-17)30-23-12-18(10-11-20(23)25(31)29-26(30,2)3)22-15-28-24-21(22)13-19(32-4)14-27-24/h5-16H,1-4H3,(H,27,28)(H,29,31)/t16-/m1/s1. The summed E-state index contributed by atoms with van der Waals surface area (Å²) in [6.07, 6.45) is 3.66. The van der Waals surface area contributed by atoms with Crippen LogP contribution in [0.25, 0.3) is 22.2 Å². The molecule has 1 atom stereocenters. The van der Waals surface area contributed by atoms with E-state index in [2.05, 4.69) is 45.3 Å². The largest absolute Gasteiger partial charge is 0.495 e. The SMILES string of the molecule is COc1cnc2[nH]cc(-c3ccc4c(c3)N([C@H](C)c3ccccc3)C(C)(C)NC4=O)c2c1. The predicted octanol–water partition coefficient (Wildman–Crippen LogP) is 5.29. The van der Waals surface area contributed by atoms with Crippen LogP contribution in [0.3, 0.4) is 0 Å². The maximum atomic E-state index is 12.9. The summed E-state index contributed by atoms with van der Waals surface area (Å²) in [5.41, 5.74) is 5.05. The van der Waals surface area contributed by atoms with E-state index < -0.39 is 5.66 Å². The number of amides is 1. The number of anilines is 1. The molecule has 0 bridgehead atoms. The molecule has 2 aromatic carbocycles. The lowest BCUT2D eigenvalue weighted by atomic mass is 9.93. The van der Waals surface area contributed by atoms with Crippen LogP contribution in [0.5, 0.6) is 5.75 Å². The van der Waals surface area contributed by atoms with E-state index in [1.807, 2.05) is 56.4 Å². The number of rotatable bonds is 4. The molecular weight excluding hydrogens is 400 g/mol. The van der Waals surface area contributed by atoms with Gasteiger partial charge in [0.1, 0.15) is 17.1 Å². The fraction of sp³-hybridized carbons (Fsp3) is 0.231. The van der Waals surface area contributed by atoms with Gasteiger partial charge in [0, 0.05) is 17.1 Å². The highest BCUT2D eigenvalue weighted by Crippen LogP contribution is 2.41. The van der Waals surface area contributed by atoms with Gasteiger partial charge in [-0.25, -0.2) is 4.98 Å². The van der Waals surface area contributed by atoms with E-state index in [0.29, 0.717) is 11.3 Å². The van der Waals surface area contributed by atoms with Crippen molar-refractivity contribution in [1.29, 1.82) is 0 Å². The third-order valence-corrected chi connectivity index (χ3v) is 6.25. The number of nitrogens with one attached hydrogen (secondary N) is 2. The number of fused-ring (bicyclic) bond motifs is 2. The minimum Gasteiger partial charge on any atom is -0.495 e. The highest BCUT2D eigenvalue weighted by molar-refractivity contribution is 6.04. The molecule has 4 aromatic rings. The van der Waals surface area contributed by atoms with E-state index >= 15 is 0 Å². The Labute approximate surface area is 187 Å². The first-order chi connectivity index (χ1) is 15.4. The molecule has 2 N–H and O–H groups in total. The molecule has 5 rings (SSSR count). The number of benzene rings is 2. The molecule has 0 fully saturated rings. The monoisotopic (exact) mass is 426 g/mol. The minimum absolute atomic E-state index is 0.0599. The lowest BCUT2D eigenvalue weighted by molar-refractivity contribution is 0.0893. The first kappa shape index (κ1) is 20.1. The van der Waals surface area contributed by atoms with Gasteiger partial charge in [-0.05, 0) is 50.1 Å². The molecule has 1 amide bonds. The number of carbonyl (C=O) groups excluding carboxylic acids is 1. The molecule has 1 aliphatic rings. The number of nitrogens with zero attached hydrogens (tertiary/aromatic N) is 2. The Kier molecular flexibility index (Phi) is 4.66. The molecule has 0 saturated carbocycles. The van der Waals surface area contributed by atoms with Gasteiger partial charge in [-0.1, -0.05) is 36.4 Å². The van der Waals surface area contributed by atoms with Crippen LogP contribution in [-0.4, -0.2) is 28.6 Å². The Morgan fingerprint density at radius 3 is 2.59 bits per heavy atom. The van der Waals surface area contributed by atoms with E-state index in [1.54, 1.807) is 13.3 Å². The lowest BCUT2D eigenvalue weighted by Crippen LogP contribution is -2.61. The molecule has 32 heavy (non-hydrogen) atoms. The van der Waals surface area contributed by atoms with Crippen molar-refractivity contribution in [2.75, 3.05) is 12.0 Å². The van der Waals surface area contributed by atoms with Crippen LogP contribution in [-0.2, 0) is 0 Å². The molecule has 0 unspecified atom stereocenters. The van der Waals surface area contributed by atoms with Crippen molar-refractivity contribution in [1.82, 2.24) is 15.3 Å². The predicted molar refractivity (Wildman–Crippen MR) is 127 cm³/mol. The van der Waals surface area contributed by atoms with Crippen LogP contribution in [0.4, 0.5) is 5.69 Å². The number of aromatic nitrogens is 2. The smallest absolute Gasteiger partial charge is 0.255 e. The van der Waals surface area contributed by atoms with Crippen LogP contribution in [0.15, 0.2) is 67.0 Å². The Morgan fingerprint density at radius 2 is 1.84 bits per heavy atom. The average Bonchev–Trinajstić information content (AvgIpc) is 3.21. The number of aromatic amines is 1. The lowest BCUT2D eigenvalue weighted by Gasteiger charge is -2.48. The summed E-state index contributed by atoms with van der Waals surface area (Å²) in [5.74, 6) is 0.645. The first-order valence-corrected chi connectivity index (χ1v) is 10.7. The maximum absolute atomic E-state index is 12.9. The summed E-state index contributed by atoms with van der Waals surface area (Å²) >= 11 is 0. The zero-order valence-electron chi connectivity index (χ0n) is 18.6. The van der Waals surface area contributed by atoms with Gasteiger partial charge in [0.05, 0.1) is 30.6 Å². The normalized spacial score (nSPS) is 15.9. The van der Waals surface area contributed by atoms with Gasteiger partial charge in [-0.2, -0.15) is 0 Å². The van der Waals surface area contributed by atoms with E-state index in [4.69, 9.17) is 4.74 Å². The molecule has 0 radical (unpaired) electrons. The first-order valence-electron chi connectivity index (χ1n) is 10.7. The van der Waals surface area contributed by atoms with Crippen molar-refractivity contribution in [2.45, 2.75) is 32.5 Å². The number of H-pyrrole nitrogens is 1. The van der Waals surface area contributed by atoms with Crippen LogP contribution < -0.4 is 15.0 Å². The summed E-state index contributed by atoms with van der Waals surface area (Å²) < 4.78 is 5.37. The second-order valence-corrected chi connectivity index (χ2v) is 8.68. The molecular formula is C26H26N4O2. The van der Waals surface area contributed by atoms with E-state index in [-0.39, 0.29) is 11.9 Å². The third-order valence-electron chi connectivity index (χ3n) is 6.25. The number of hydrogen-bond acceptors (Lipinski definition) is 4. The third kappa shape index (κ3) is 3.19. The summed E-state index contributed by atoms with van der Waals surface area (Å²) in [6.45, 7) is 6.26. The van der Waals surface area contributed by atoms with Crippen LogP contribution in [0.2, 0.25) is 0 Å². The highest BCUT2D eigenvalue weighted by Gasteiger charge is 2.39. The molecule has 6 heteroatoms. The summed E-state index contributed by atoms with van der Waals surface area (Å²) in [5, 5.41) is 4.14. The molecule has 3 heterocycles. The quantitative estimate of drug-likeness (QED) is 0.465. The van der Waals surface area contributed by atoms with Crippen molar-refractivity contribution < 1.29 is 9.53 Å². The van der Waals surface area contributed by atoms with Crippen LogP contribution in [0, 0.1) is 0 Å². The second-order valence-electron chi connectivity index (χ2n) is 8.68. The molecule has 0 aliphatic carbocycles. The maximum Gasteiger partial charge on any atom is 0.255 e. The van der Waals surface area contributed by atoms with Crippen molar-refractivity contribution in [3.05, 3.63) is 78.1 Å². The van der Waals surface area contributed by atoms with Gasteiger partial charge in [0.25, 0.3) is 5.91 Å². The second kappa shape index (κ2) is 7.41. The van der Waals surface area contributed by atoms with E-state index in [0.717, 1.165) is 27.8 Å². The van der Waals surface area contributed by atoms with Crippen molar-refractivity contribution in [3.8, 4) is 16.9 Å². The molecule has 0 saturated heterocycles. The zero-order chi connectivity index (χ0) is 22.5. The van der Waals surface area contributed by atoms with E-state index in [9.17, 15) is 4.79 Å². The van der Waals surface area contributed by atoms with Gasteiger partial charge < -0.3 is 19.9 Å². The Morgan fingerprint density at radius 1 is 1.06 bits per heavy atom. The highest BCUT2D eigenvalue weighted by atomic mass is 16.5. The minimum atomic E-state index is -0.553. The fourth-order valence-electron chi connectivity index (χ4n) is 4.71. The fourth-order valence-corrected chi connectivity index (χ4v) is 4.71. The topological polar surface area (TPSA) is 70.2 Å². The van der Waals surface area contributed by atoms with Crippen LogP contribution in [0.1, 0.15) is 42.7 Å². The van der Waals surface area contributed by atoms with Gasteiger partial charge in [0.15, 0.2) is 0 Å².